The smallest absolute Gasteiger partial charge is 0.252 e. The van der Waals surface area contributed by atoms with Gasteiger partial charge < -0.3 is 10.2 Å². The quantitative estimate of drug-likeness (QED) is 0.538. The zero-order chi connectivity index (χ0) is 17.5. The molecule has 0 aliphatic carbocycles. The van der Waals surface area contributed by atoms with E-state index in [4.69, 9.17) is 0 Å². The first-order valence-electron chi connectivity index (χ1n) is 8.51. The fourth-order valence-corrected chi connectivity index (χ4v) is 3.50. The summed E-state index contributed by atoms with van der Waals surface area (Å²) in [5.41, 5.74) is 0.750. The SMILES string of the molecule is O=C(NCCCN1CCN(c2ncccn2)CC1)c1ccccc1I. The molecule has 0 unspecified atom stereocenters. The van der Waals surface area contributed by atoms with Crippen LogP contribution in [0.25, 0.3) is 0 Å². The van der Waals surface area contributed by atoms with E-state index in [1.165, 1.54) is 0 Å². The van der Waals surface area contributed by atoms with Crippen LogP contribution in [-0.4, -0.2) is 60.0 Å². The number of benzene rings is 1. The second-order valence-electron chi connectivity index (χ2n) is 5.97. The van der Waals surface area contributed by atoms with Crippen molar-refractivity contribution < 1.29 is 4.79 Å². The van der Waals surface area contributed by atoms with Gasteiger partial charge in [-0.2, -0.15) is 0 Å². The number of anilines is 1. The summed E-state index contributed by atoms with van der Waals surface area (Å²) in [6, 6.07) is 9.49. The molecule has 6 nitrogen and oxygen atoms in total. The highest BCUT2D eigenvalue weighted by Crippen LogP contribution is 2.11. The summed E-state index contributed by atoms with van der Waals surface area (Å²) in [6.45, 7) is 5.59. The summed E-state index contributed by atoms with van der Waals surface area (Å²) >= 11 is 2.19. The van der Waals surface area contributed by atoms with Gasteiger partial charge in [-0.1, -0.05) is 12.1 Å². The van der Waals surface area contributed by atoms with Gasteiger partial charge in [0.05, 0.1) is 5.56 Å². The minimum absolute atomic E-state index is 0.0102. The second-order valence-corrected chi connectivity index (χ2v) is 7.13. The highest BCUT2D eigenvalue weighted by Gasteiger charge is 2.18. The lowest BCUT2D eigenvalue weighted by Crippen LogP contribution is -2.47. The first kappa shape index (κ1) is 18.1. The molecule has 1 amide bonds. The lowest BCUT2D eigenvalue weighted by Gasteiger charge is -2.34. The Hall–Kier alpha value is -1.74. The number of nitrogens with one attached hydrogen (secondary N) is 1. The van der Waals surface area contributed by atoms with Crippen LogP contribution in [0.1, 0.15) is 16.8 Å². The van der Waals surface area contributed by atoms with Crippen LogP contribution < -0.4 is 10.2 Å². The molecule has 1 aliphatic heterocycles. The van der Waals surface area contributed by atoms with Crippen LogP contribution in [0.5, 0.6) is 0 Å². The van der Waals surface area contributed by atoms with E-state index >= 15 is 0 Å². The van der Waals surface area contributed by atoms with E-state index in [1.807, 2.05) is 30.3 Å². The second kappa shape index (κ2) is 9.10. The van der Waals surface area contributed by atoms with Gasteiger partial charge in [-0.3, -0.25) is 9.69 Å². The number of amides is 1. The van der Waals surface area contributed by atoms with E-state index in [2.05, 4.69) is 47.7 Å². The summed E-state index contributed by atoms with van der Waals surface area (Å²) in [6.07, 6.45) is 4.52. The van der Waals surface area contributed by atoms with Crippen LogP contribution in [0.3, 0.4) is 0 Å². The summed E-state index contributed by atoms with van der Waals surface area (Å²) in [5.74, 6) is 0.822. The maximum absolute atomic E-state index is 12.2. The van der Waals surface area contributed by atoms with Gasteiger partial charge in [0.15, 0.2) is 0 Å². The maximum atomic E-state index is 12.2. The number of nitrogens with zero attached hydrogens (tertiary/aromatic N) is 4. The molecule has 1 aromatic carbocycles. The molecule has 1 aliphatic rings. The van der Waals surface area contributed by atoms with Crippen molar-refractivity contribution in [2.24, 2.45) is 0 Å². The van der Waals surface area contributed by atoms with Crippen molar-refractivity contribution in [1.29, 1.82) is 0 Å². The van der Waals surface area contributed by atoms with Gasteiger partial charge in [0, 0.05) is 48.7 Å². The summed E-state index contributed by atoms with van der Waals surface area (Å²) in [5, 5.41) is 3.01. The van der Waals surface area contributed by atoms with E-state index in [-0.39, 0.29) is 5.91 Å². The van der Waals surface area contributed by atoms with Gasteiger partial charge in [-0.15, -0.1) is 0 Å². The monoisotopic (exact) mass is 451 g/mol. The van der Waals surface area contributed by atoms with Gasteiger partial charge in [0.25, 0.3) is 5.91 Å². The Morgan fingerprint density at radius 1 is 1.08 bits per heavy atom. The Balaban J connectivity index is 1.35. The molecule has 0 bridgehead atoms. The fraction of sp³-hybridized carbons (Fsp3) is 0.389. The largest absolute Gasteiger partial charge is 0.352 e. The van der Waals surface area contributed by atoms with Crippen molar-refractivity contribution in [1.82, 2.24) is 20.2 Å². The number of piperazine rings is 1. The first-order valence-corrected chi connectivity index (χ1v) is 9.59. The van der Waals surface area contributed by atoms with Crippen LogP contribution in [0.4, 0.5) is 5.95 Å². The molecule has 1 saturated heterocycles. The molecule has 0 atom stereocenters. The number of rotatable bonds is 6. The predicted octanol–water partition coefficient (Wildman–Crippen LogP) is 2.02. The van der Waals surface area contributed by atoms with Crippen LogP contribution >= 0.6 is 22.6 Å². The van der Waals surface area contributed by atoms with Crippen molar-refractivity contribution in [2.45, 2.75) is 6.42 Å². The molecule has 2 aromatic rings. The van der Waals surface area contributed by atoms with E-state index in [9.17, 15) is 4.79 Å². The lowest BCUT2D eigenvalue weighted by atomic mass is 10.2. The molecule has 0 radical (unpaired) electrons. The molecule has 7 heteroatoms. The first-order chi connectivity index (χ1) is 12.2. The van der Waals surface area contributed by atoms with Gasteiger partial charge >= 0.3 is 0 Å². The van der Waals surface area contributed by atoms with Crippen molar-refractivity contribution in [3.05, 3.63) is 51.9 Å². The molecule has 3 rings (SSSR count). The fourth-order valence-electron chi connectivity index (χ4n) is 2.87. The minimum atomic E-state index is 0.0102. The van der Waals surface area contributed by atoms with E-state index in [0.29, 0.717) is 6.54 Å². The normalized spacial score (nSPS) is 15.2. The molecule has 1 aromatic heterocycles. The van der Waals surface area contributed by atoms with E-state index in [1.54, 1.807) is 12.4 Å². The van der Waals surface area contributed by atoms with Crippen LogP contribution in [-0.2, 0) is 0 Å². The number of carbonyl (C=O) groups is 1. The number of hydrogen-bond acceptors (Lipinski definition) is 5. The topological polar surface area (TPSA) is 61.4 Å². The highest BCUT2D eigenvalue weighted by molar-refractivity contribution is 14.1. The molecule has 132 valence electrons. The summed E-state index contributed by atoms with van der Waals surface area (Å²) in [7, 11) is 0. The third kappa shape index (κ3) is 5.12. The third-order valence-electron chi connectivity index (χ3n) is 4.26. The number of hydrogen-bond donors (Lipinski definition) is 1. The molecule has 0 spiro atoms. The van der Waals surface area contributed by atoms with Crippen LogP contribution in [0.2, 0.25) is 0 Å². The zero-order valence-corrected chi connectivity index (χ0v) is 16.2. The summed E-state index contributed by atoms with van der Waals surface area (Å²) < 4.78 is 0.983. The lowest BCUT2D eigenvalue weighted by molar-refractivity contribution is 0.0950. The van der Waals surface area contributed by atoms with Gasteiger partial charge in [-0.25, -0.2) is 9.97 Å². The number of carbonyl (C=O) groups excluding carboxylic acids is 1. The highest BCUT2D eigenvalue weighted by atomic mass is 127. The number of halogens is 1. The molecule has 25 heavy (non-hydrogen) atoms. The zero-order valence-electron chi connectivity index (χ0n) is 14.1. The molecular formula is C18H22IN5O. The molecule has 1 N–H and O–H groups in total. The average Bonchev–Trinajstić information content (AvgIpc) is 2.66. The predicted molar refractivity (Wildman–Crippen MR) is 107 cm³/mol. The Bertz CT molecular complexity index is 689. The standard InChI is InChI=1S/C18H22IN5O/c19-16-6-2-1-5-15(16)17(25)20-9-4-10-23-11-13-24(14-12-23)18-21-7-3-8-22-18/h1-3,5-8H,4,9-14H2,(H,20,25). The minimum Gasteiger partial charge on any atom is -0.352 e. The van der Waals surface area contributed by atoms with Crippen molar-refractivity contribution in [3.63, 3.8) is 0 Å². The Morgan fingerprint density at radius 3 is 2.52 bits per heavy atom. The maximum Gasteiger partial charge on any atom is 0.252 e. The van der Waals surface area contributed by atoms with Crippen LogP contribution in [0.15, 0.2) is 42.7 Å². The Labute approximate surface area is 161 Å². The summed E-state index contributed by atoms with van der Waals surface area (Å²) in [4.78, 5) is 25.4. The van der Waals surface area contributed by atoms with E-state index in [0.717, 1.165) is 54.2 Å². The van der Waals surface area contributed by atoms with Crippen molar-refractivity contribution in [3.8, 4) is 0 Å². The van der Waals surface area contributed by atoms with Crippen molar-refractivity contribution in [2.75, 3.05) is 44.2 Å². The molecule has 2 heterocycles. The van der Waals surface area contributed by atoms with Crippen molar-refractivity contribution >= 4 is 34.4 Å². The average molecular weight is 451 g/mol. The Kier molecular flexibility index (Phi) is 6.57. The van der Waals surface area contributed by atoms with Gasteiger partial charge in [0.1, 0.15) is 0 Å². The molecule has 0 saturated carbocycles. The molecular weight excluding hydrogens is 429 g/mol. The Morgan fingerprint density at radius 2 is 1.80 bits per heavy atom. The van der Waals surface area contributed by atoms with Crippen LogP contribution in [0, 0.1) is 3.57 Å². The van der Waals surface area contributed by atoms with Gasteiger partial charge in [-0.05, 0) is 53.8 Å². The third-order valence-corrected chi connectivity index (χ3v) is 5.20. The van der Waals surface area contributed by atoms with E-state index < -0.39 is 0 Å². The van der Waals surface area contributed by atoms with Gasteiger partial charge in [0.2, 0.25) is 5.95 Å². The molecule has 1 fully saturated rings. The number of aromatic nitrogens is 2.